The van der Waals surface area contributed by atoms with Gasteiger partial charge in [-0.2, -0.15) is 0 Å². The SMILES string of the molecule is CC(C)c1nc2cc(-c3cc(N)no3)ccc2n1C. The van der Waals surface area contributed by atoms with E-state index in [0.717, 1.165) is 22.4 Å². The van der Waals surface area contributed by atoms with Crippen LogP contribution in [0, 0.1) is 0 Å². The highest BCUT2D eigenvalue weighted by molar-refractivity contribution is 5.81. The van der Waals surface area contributed by atoms with Gasteiger partial charge in [0.15, 0.2) is 11.6 Å². The number of imidazole rings is 1. The van der Waals surface area contributed by atoms with Crippen molar-refractivity contribution in [1.82, 2.24) is 14.7 Å². The molecule has 0 saturated heterocycles. The molecule has 0 radical (unpaired) electrons. The van der Waals surface area contributed by atoms with Gasteiger partial charge < -0.3 is 14.8 Å². The quantitative estimate of drug-likeness (QED) is 0.765. The maximum absolute atomic E-state index is 5.57. The fraction of sp³-hybridized carbons (Fsp3) is 0.286. The minimum atomic E-state index is 0.388. The molecule has 2 N–H and O–H groups in total. The normalized spacial score (nSPS) is 11.6. The van der Waals surface area contributed by atoms with Crippen LogP contribution >= 0.6 is 0 Å². The number of hydrogen-bond acceptors (Lipinski definition) is 4. The van der Waals surface area contributed by atoms with Crippen LogP contribution in [0.25, 0.3) is 22.4 Å². The lowest BCUT2D eigenvalue weighted by atomic mass is 10.1. The van der Waals surface area contributed by atoms with Gasteiger partial charge in [-0.1, -0.05) is 19.0 Å². The molecule has 3 aromatic rings. The molecule has 98 valence electrons. The van der Waals surface area contributed by atoms with Gasteiger partial charge >= 0.3 is 0 Å². The smallest absolute Gasteiger partial charge is 0.169 e. The second-order valence-electron chi connectivity index (χ2n) is 5.00. The Morgan fingerprint density at radius 2 is 2.05 bits per heavy atom. The first-order chi connectivity index (χ1) is 9.06. The second kappa shape index (κ2) is 4.12. The molecule has 0 aliphatic rings. The number of nitrogens with zero attached hydrogens (tertiary/aromatic N) is 3. The lowest BCUT2D eigenvalue weighted by Crippen LogP contribution is -1.99. The summed E-state index contributed by atoms with van der Waals surface area (Å²) in [6.45, 7) is 4.28. The predicted molar refractivity (Wildman–Crippen MR) is 74.7 cm³/mol. The average molecular weight is 256 g/mol. The highest BCUT2D eigenvalue weighted by atomic mass is 16.5. The number of fused-ring (bicyclic) bond motifs is 1. The van der Waals surface area contributed by atoms with Crippen LogP contribution in [-0.2, 0) is 7.05 Å². The number of aryl methyl sites for hydroxylation is 1. The van der Waals surface area contributed by atoms with Crippen LogP contribution < -0.4 is 5.73 Å². The zero-order valence-electron chi connectivity index (χ0n) is 11.2. The third-order valence-electron chi connectivity index (χ3n) is 3.24. The number of hydrogen-bond donors (Lipinski definition) is 1. The number of anilines is 1. The Morgan fingerprint density at radius 1 is 1.26 bits per heavy atom. The van der Waals surface area contributed by atoms with Gasteiger partial charge in [-0.25, -0.2) is 4.98 Å². The van der Waals surface area contributed by atoms with E-state index in [2.05, 4.69) is 28.6 Å². The third kappa shape index (κ3) is 1.87. The van der Waals surface area contributed by atoms with E-state index in [9.17, 15) is 0 Å². The zero-order chi connectivity index (χ0) is 13.6. The molecule has 0 spiro atoms. The lowest BCUT2D eigenvalue weighted by Gasteiger charge is -2.04. The summed E-state index contributed by atoms with van der Waals surface area (Å²) < 4.78 is 7.30. The number of aromatic nitrogens is 3. The summed E-state index contributed by atoms with van der Waals surface area (Å²) in [5, 5.41) is 3.70. The summed E-state index contributed by atoms with van der Waals surface area (Å²) in [6, 6.07) is 7.75. The Kier molecular flexibility index (Phi) is 2.55. The van der Waals surface area contributed by atoms with Gasteiger partial charge in [-0.15, -0.1) is 0 Å². The fourth-order valence-electron chi connectivity index (χ4n) is 2.31. The Morgan fingerprint density at radius 3 is 2.68 bits per heavy atom. The van der Waals surface area contributed by atoms with E-state index in [1.807, 2.05) is 25.2 Å². The van der Waals surface area contributed by atoms with Crippen LogP contribution in [0.2, 0.25) is 0 Å². The van der Waals surface area contributed by atoms with Crippen LogP contribution in [-0.4, -0.2) is 14.7 Å². The van der Waals surface area contributed by atoms with Gasteiger partial charge in [-0.3, -0.25) is 0 Å². The van der Waals surface area contributed by atoms with Gasteiger partial charge in [0.1, 0.15) is 5.82 Å². The van der Waals surface area contributed by atoms with Crippen molar-refractivity contribution in [1.29, 1.82) is 0 Å². The second-order valence-corrected chi connectivity index (χ2v) is 5.00. The molecule has 0 atom stereocenters. The first kappa shape index (κ1) is 11.8. The highest BCUT2D eigenvalue weighted by Crippen LogP contribution is 2.27. The van der Waals surface area contributed by atoms with E-state index < -0.39 is 0 Å². The number of nitrogens with two attached hydrogens (primary N) is 1. The van der Waals surface area contributed by atoms with Crippen molar-refractivity contribution in [3.8, 4) is 11.3 Å². The first-order valence-corrected chi connectivity index (χ1v) is 6.25. The van der Waals surface area contributed by atoms with Gasteiger partial charge in [-0.05, 0) is 18.2 Å². The number of nitrogen functional groups attached to an aromatic ring is 1. The molecule has 0 fully saturated rings. The summed E-state index contributed by atoms with van der Waals surface area (Å²) in [4.78, 5) is 4.67. The molecule has 1 aromatic carbocycles. The molecule has 19 heavy (non-hydrogen) atoms. The van der Waals surface area contributed by atoms with E-state index in [0.29, 0.717) is 17.5 Å². The molecule has 0 saturated carbocycles. The average Bonchev–Trinajstić information content (AvgIpc) is 2.94. The number of rotatable bonds is 2. The van der Waals surface area contributed by atoms with E-state index in [-0.39, 0.29) is 0 Å². The van der Waals surface area contributed by atoms with Crippen LogP contribution in [0.5, 0.6) is 0 Å². The minimum Gasteiger partial charge on any atom is -0.381 e. The zero-order valence-corrected chi connectivity index (χ0v) is 11.2. The molecule has 0 aliphatic heterocycles. The third-order valence-corrected chi connectivity index (χ3v) is 3.24. The summed E-state index contributed by atoms with van der Waals surface area (Å²) >= 11 is 0. The summed E-state index contributed by atoms with van der Waals surface area (Å²) in [5.74, 6) is 2.51. The number of benzene rings is 1. The summed E-state index contributed by atoms with van der Waals surface area (Å²) in [7, 11) is 2.04. The van der Waals surface area contributed by atoms with Crippen LogP contribution in [0.1, 0.15) is 25.6 Å². The molecular formula is C14H16N4O. The van der Waals surface area contributed by atoms with Crippen LogP contribution in [0.4, 0.5) is 5.82 Å². The Labute approximate surface area is 111 Å². The molecule has 0 unspecified atom stereocenters. The van der Waals surface area contributed by atoms with E-state index in [4.69, 9.17) is 10.3 Å². The highest BCUT2D eigenvalue weighted by Gasteiger charge is 2.12. The van der Waals surface area contributed by atoms with Crippen LogP contribution in [0.15, 0.2) is 28.8 Å². The van der Waals surface area contributed by atoms with Gasteiger partial charge in [0, 0.05) is 24.6 Å². The van der Waals surface area contributed by atoms with Gasteiger partial charge in [0.05, 0.1) is 11.0 Å². The van der Waals surface area contributed by atoms with Crippen molar-refractivity contribution >= 4 is 16.9 Å². The molecule has 2 heterocycles. The monoisotopic (exact) mass is 256 g/mol. The molecule has 5 heteroatoms. The Hall–Kier alpha value is -2.30. The van der Waals surface area contributed by atoms with Crippen molar-refractivity contribution < 1.29 is 4.52 Å². The van der Waals surface area contributed by atoms with Gasteiger partial charge in [0.25, 0.3) is 0 Å². The standard InChI is InChI=1S/C14H16N4O/c1-8(2)14-16-10-6-9(4-5-11(10)18(14)3)12-7-13(15)17-19-12/h4-8H,1-3H3,(H2,15,17). The van der Waals surface area contributed by atoms with Crippen molar-refractivity contribution in [3.63, 3.8) is 0 Å². The molecule has 5 nitrogen and oxygen atoms in total. The van der Waals surface area contributed by atoms with E-state index in [1.54, 1.807) is 6.07 Å². The van der Waals surface area contributed by atoms with Crippen molar-refractivity contribution in [2.45, 2.75) is 19.8 Å². The molecule has 3 rings (SSSR count). The van der Waals surface area contributed by atoms with Gasteiger partial charge in [0.2, 0.25) is 0 Å². The summed E-state index contributed by atoms with van der Waals surface area (Å²) in [5.41, 5.74) is 8.58. The Bertz CT molecular complexity index is 739. The maximum Gasteiger partial charge on any atom is 0.169 e. The molecule has 2 aromatic heterocycles. The molecular weight excluding hydrogens is 240 g/mol. The largest absolute Gasteiger partial charge is 0.381 e. The van der Waals surface area contributed by atoms with E-state index in [1.165, 1.54) is 0 Å². The van der Waals surface area contributed by atoms with E-state index >= 15 is 0 Å². The summed E-state index contributed by atoms with van der Waals surface area (Å²) in [6.07, 6.45) is 0. The van der Waals surface area contributed by atoms with Crippen LogP contribution in [0.3, 0.4) is 0 Å². The first-order valence-electron chi connectivity index (χ1n) is 6.25. The topological polar surface area (TPSA) is 69.9 Å². The Balaban J connectivity index is 2.16. The van der Waals surface area contributed by atoms with Crippen molar-refractivity contribution in [2.24, 2.45) is 7.05 Å². The fourth-order valence-corrected chi connectivity index (χ4v) is 2.31. The predicted octanol–water partition coefficient (Wildman–Crippen LogP) is 2.93. The van der Waals surface area contributed by atoms with Crippen molar-refractivity contribution in [2.75, 3.05) is 5.73 Å². The minimum absolute atomic E-state index is 0.388. The molecule has 0 amide bonds. The maximum atomic E-state index is 5.57. The van der Waals surface area contributed by atoms with Crippen molar-refractivity contribution in [3.05, 3.63) is 30.1 Å². The molecule has 0 bridgehead atoms. The molecule has 0 aliphatic carbocycles. The lowest BCUT2D eigenvalue weighted by molar-refractivity contribution is 0.436.